The molecule has 1 aliphatic rings. The van der Waals surface area contributed by atoms with Crippen LogP contribution in [0.15, 0.2) is 33.3 Å². The third-order valence-electron chi connectivity index (χ3n) is 4.38. The summed E-state index contributed by atoms with van der Waals surface area (Å²) in [6.45, 7) is 2.66. The standard InChI is InChI=1S/C21H14BrF5N2O4/c1-3-32-14(30)8-33-13-5-4-11(22)6-10(13)7-12-9(2)28-29(21(12)31)20-18(26)16(24)15(23)17(25)19(20)27/h4-7H,3,8H2,1-2H3/b12-7-. The average molecular weight is 533 g/mol. The van der Waals surface area contributed by atoms with Crippen LogP contribution in [0.3, 0.4) is 0 Å². The molecule has 6 nitrogen and oxygen atoms in total. The number of ether oxygens (including phenoxy) is 2. The van der Waals surface area contributed by atoms with Gasteiger partial charge in [0.15, 0.2) is 29.9 Å². The number of hydrogen-bond donors (Lipinski definition) is 0. The summed E-state index contributed by atoms with van der Waals surface area (Å²) in [7, 11) is 0. The number of rotatable bonds is 6. The van der Waals surface area contributed by atoms with Gasteiger partial charge in [-0.05, 0) is 38.1 Å². The molecule has 0 aromatic heterocycles. The lowest BCUT2D eigenvalue weighted by atomic mass is 10.1. The van der Waals surface area contributed by atoms with Gasteiger partial charge in [0, 0.05) is 10.0 Å². The molecule has 33 heavy (non-hydrogen) atoms. The second-order valence-electron chi connectivity index (χ2n) is 6.55. The zero-order valence-corrected chi connectivity index (χ0v) is 18.6. The number of amides is 1. The number of benzene rings is 2. The minimum Gasteiger partial charge on any atom is -0.481 e. The Morgan fingerprint density at radius 3 is 2.30 bits per heavy atom. The predicted molar refractivity (Wildman–Crippen MR) is 111 cm³/mol. The molecule has 2 aromatic carbocycles. The number of nitrogens with zero attached hydrogens (tertiary/aromatic N) is 2. The number of halogens is 6. The number of hydrogen-bond acceptors (Lipinski definition) is 5. The summed E-state index contributed by atoms with van der Waals surface area (Å²) in [6, 6.07) is 4.61. The minimum absolute atomic E-state index is 0.0553. The van der Waals surface area contributed by atoms with Gasteiger partial charge < -0.3 is 9.47 Å². The van der Waals surface area contributed by atoms with Crippen molar-refractivity contribution in [3.05, 3.63) is 62.9 Å². The molecule has 12 heteroatoms. The Morgan fingerprint density at radius 1 is 1.09 bits per heavy atom. The molecule has 1 heterocycles. The summed E-state index contributed by atoms with van der Waals surface area (Å²) in [5, 5.41) is 3.78. The minimum atomic E-state index is -2.35. The van der Waals surface area contributed by atoms with Gasteiger partial charge >= 0.3 is 5.97 Å². The Labute approximate surface area is 192 Å². The summed E-state index contributed by atoms with van der Waals surface area (Å²) in [5.74, 6) is -12.8. The van der Waals surface area contributed by atoms with Crippen LogP contribution in [0.25, 0.3) is 6.08 Å². The zero-order valence-electron chi connectivity index (χ0n) is 17.0. The van der Waals surface area contributed by atoms with Gasteiger partial charge in [-0.15, -0.1) is 0 Å². The molecule has 0 saturated carbocycles. The maximum Gasteiger partial charge on any atom is 0.344 e. The van der Waals surface area contributed by atoms with Crippen molar-refractivity contribution in [3.8, 4) is 5.75 Å². The highest BCUT2D eigenvalue weighted by atomic mass is 79.9. The molecule has 0 radical (unpaired) electrons. The molecule has 0 atom stereocenters. The molecular weight excluding hydrogens is 519 g/mol. The molecular formula is C21H14BrF5N2O4. The van der Waals surface area contributed by atoms with Crippen molar-refractivity contribution >= 4 is 45.3 Å². The summed E-state index contributed by atoms with van der Waals surface area (Å²) in [6.07, 6.45) is 1.25. The number of carbonyl (C=O) groups excluding carboxylic acids is 2. The summed E-state index contributed by atoms with van der Waals surface area (Å²) in [5.41, 5.74) is -1.48. The van der Waals surface area contributed by atoms with E-state index < -0.39 is 53.3 Å². The van der Waals surface area contributed by atoms with E-state index in [0.717, 1.165) is 0 Å². The number of esters is 1. The maximum absolute atomic E-state index is 14.2. The molecule has 1 aliphatic heterocycles. The van der Waals surface area contributed by atoms with Gasteiger partial charge in [0.25, 0.3) is 5.91 Å². The fourth-order valence-electron chi connectivity index (χ4n) is 2.87. The third-order valence-corrected chi connectivity index (χ3v) is 4.88. The molecule has 174 valence electrons. The van der Waals surface area contributed by atoms with E-state index in [1.165, 1.54) is 25.1 Å². The van der Waals surface area contributed by atoms with Gasteiger partial charge in [0.05, 0.1) is 17.9 Å². The van der Waals surface area contributed by atoms with Crippen molar-refractivity contribution in [1.29, 1.82) is 0 Å². The molecule has 0 fully saturated rings. The first-order valence-electron chi connectivity index (χ1n) is 9.27. The smallest absolute Gasteiger partial charge is 0.344 e. The van der Waals surface area contributed by atoms with Gasteiger partial charge in [0.1, 0.15) is 11.4 Å². The van der Waals surface area contributed by atoms with Crippen LogP contribution in [0.1, 0.15) is 19.4 Å². The Hall–Kier alpha value is -3.28. The van der Waals surface area contributed by atoms with Gasteiger partial charge in [-0.2, -0.15) is 10.1 Å². The van der Waals surface area contributed by atoms with Crippen molar-refractivity contribution in [2.24, 2.45) is 5.10 Å². The molecule has 3 rings (SSSR count). The fourth-order valence-corrected chi connectivity index (χ4v) is 3.25. The lowest BCUT2D eigenvalue weighted by Gasteiger charge is -2.15. The van der Waals surface area contributed by atoms with Crippen molar-refractivity contribution < 1.29 is 41.0 Å². The Morgan fingerprint density at radius 2 is 1.70 bits per heavy atom. The monoisotopic (exact) mass is 532 g/mol. The second kappa shape index (κ2) is 9.69. The van der Waals surface area contributed by atoms with Crippen LogP contribution in [0.4, 0.5) is 27.6 Å². The van der Waals surface area contributed by atoms with Crippen LogP contribution in [-0.4, -0.2) is 30.8 Å². The Kier molecular flexibility index (Phi) is 7.15. The van der Waals surface area contributed by atoms with Crippen LogP contribution in [-0.2, 0) is 14.3 Å². The third kappa shape index (κ3) is 4.75. The van der Waals surface area contributed by atoms with E-state index in [1.54, 1.807) is 13.0 Å². The fraction of sp³-hybridized carbons (Fsp3) is 0.190. The van der Waals surface area contributed by atoms with Gasteiger partial charge in [-0.3, -0.25) is 4.79 Å². The first-order chi connectivity index (χ1) is 15.6. The summed E-state index contributed by atoms with van der Waals surface area (Å²) in [4.78, 5) is 24.4. The molecule has 0 bridgehead atoms. The topological polar surface area (TPSA) is 68.2 Å². The molecule has 0 unspecified atom stereocenters. The molecule has 1 amide bonds. The zero-order chi connectivity index (χ0) is 24.4. The quantitative estimate of drug-likeness (QED) is 0.174. The second-order valence-corrected chi connectivity index (χ2v) is 7.47. The molecule has 2 aromatic rings. The van der Waals surface area contributed by atoms with E-state index >= 15 is 0 Å². The lowest BCUT2D eigenvalue weighted by molar-refractivity contribution is -0.145. The van der Waals surface area contributed by atoms with Crippen molar-refractivity contribution in [3.63, 3.8) is 0 Å². The van der Waals surface area contributed by atoms with Crippen LogP contribution in [0.5, 0.6) is 5.75 Å². The molecule has 0 N–H and O–H groups in total. The van der Waals surface area contributed by atoms with E-state index in [4.69, 9.17) is 9.47 Å². The Balaban J connectivity index is 2.00. The summed E-state index contributed by atoms with van der Waals surface area (Å²) < 4.78 is 79.7. The van der Waals surface area contributed by atoms with Crippen molar-refractivity contribution in [1.82, 2.24) is 0 Å². The van der Waals surface area contributed by atoms with E-state index in [0.29, 0.717) is 4.47 Å². The van der Waals surface area contributed by atoms with E-state index in [2.05, 4.69) is 21.0 Å². The van der Waals surface area contributed by atoms with E-state index in [1.807, 2.05) is 0 Å². The van der Waals surface area contributed by atoms with Gasteiger partial charge in [0.2, 0.25) is 5.82 Å². The SMILES string of the molecule is CCOC(=O)COc1ccc(Br)cc1/C=C1\C(=O)N(c2c(F)c(F)c(F)c(F)c2F)N=C1C. The first-order valence-corrected chi connectivity index (χ1v) is 10.1. The normalized spacial score (nSPS) is 14.7. The van der Waals surface area contributed by atoms with Gasteiger partial charge in [-0.1, -0.05) is 15.9 Å². The van der Waals surface area contributed by atoms with Crippen LogP contribution in [0.2, 0.25) is 0 Å². The highest BCUT2D eigenvalue weighted by Crippen LogP contribution is 2.35. The largest absolute Gasteiger partial charge is 0.481 e. The number of hydrazone groups is 1. The van der Waals surface area contributed by atoms with Gasteiger partial charge in [-0.25, -0.2) is 26.7 Å². The number of anilines is 1. The highest BCUT2D eigenvalue weighted by molar-refractivity contribution is 9.10. The van der Waals surface area contributed by atoms with Crippen molar-refractivity contribution in [2.45, 2.75) is 13.8 Å². The van der Waals surface area contributed by atoms with Crippen molar-refractivity contribution in [2.75, 3.05) is 18.2 Å². The van der Waals surface area contributed by atoms with E-state index in [-0.39, 0.29) is 34.2 Å². The molecule has 0 spiro atoms. The molecule has 0 saturated heterocycles. The Bertz CT molecular complexity index is 1190. The number of carbonyl (C=O) groups is 2. The lowest BCUT2D eigenvalue weighted by Crippen LogP contribution is -2.25. The van der Waals surface area contributed by atoms with Crippen LogP contribution >= 0.6 is 15.9 Å². The van der Waals surface area contributed by atoms with Crippen LogP contribution in [0, 0.1) is 29.1 Å². The first kappa shape index (κ1) is 24.4. The van der Waals surface area contributed by atoms with Crippen LogP contribution < -0.4 is 9.75 Å². The highest BCUT2D eigenvalue weighted by Gasteiger charge is 2.37. The molecule has 0 aliphatic carbocycles. The average Bonchev–Trinajstić information content (AvgIpc) is 3.04. The van der Waals surface area contributed by atoms with E-state index in [9.17, 15) is 31.5 Å². The summed E-state index contributed by atoms with van der Waals surface area (Å²) >= 11 is 3.25. The maximum atomic E-state index is 14.2. The predicted octanol–water partition coefficient (Wildman–Crippen LogP) is 4.89.